The third kappa shape index (κ3) is 2.44. The van der Waals surface area contributed by atoms with Crippen molar-refractivity contribution in [2.75, 3.05) is 0 Å². The molecule has 4 N–H and O–H groups in total. The SMILES string of the molecule is NC(=O)C[C@@H](N)c1ncc(Cl)s1. The van der Waals surface area contributed by atoms with Crippen LogP contribution in [-0.4, -0.2) is 10.9 Å². The molecule has 6 heteroatoms. The van der Waals surface area contributed by atoms with Crippen molar-refractivity contribution < 1.29 is 4.79 Å². The second kappa shape index (κ2) is 3.84. The summed E-state index contributed by atoms with van der Waals surface area (Å²) in [6.07, 6.45) is 1.60. The number of halogens is 1. The predicted molar refractivity (Wildman–Crippen MR) is 47.9 cm³/mol. The lowest BCUT2D eigenvalue weighted by Crippen LogP contribution is -2.20. The Bertz CT molecular complexity index is 288. The Morgan fingerprint density at radius 3 is 2.92 bits per heavy atom. The molecule has 0 aliphatic carbocycles. The van der Waals surface area contributed by atoms with Gasteiger partial charge in [-0.15, -0.1) is 11.3 Å². The van der Waals surface area contributed by atoms with Gasteiger partial charge >= 0.3 is 0 Å². The topological polar surface area (TPSA) is 82.0 Å². The van der Waals surface area contributed by atoms with Crippen LogP contribution < -0.4 is 11.5 Å². The van der Waals surface area contributed by atoms with Crippen LogP contribution in [0.2, 0.25) is 4.34 Å². The van der Waals surface area contributed by atoms with Crippen molar-refractivity contribution in [2.45, 2.75) is 12.5 Å². The summed E-state index contributed by atoms with van der Waals surface area (Å²) in [4.78, 5) is 14.4. The van der Waals surface area contributed by atoms with Crippen LogP contribution in [-0.2, 0) is 4.79 Å². The molecule has 0 aliphatic rings. The molecule has 0 bridgehead atoms. The summed E-state index contributed by atoms with van der Waals surface area (Å²) >= 11 is 6.88. The number of amides is 1. The third-order valence-electron chi connectivity index (χ3n) is 1.23. The van der Waals surface area contributed by atoms with Gasteiger partial charge in [-0.05, 0) is 0 Å². The van der Waals surface area contributed by atoms with Gasteiger partial charge in [0.25, 0.3) is 0 Å². The zero-order valence-electron chi connectivity index (χ0n) is 6.16. The Morgan fingerprint density at radius 2 is 2.50 bits per heavy atom. The highest BCUT2D eigenvalue weighted by atomic mass is 35.5. The van der Waals surface area contributed by atoms with Crippen molar-refractivity contribution in [1.82, 2.24) is 4.98 Å². The monoisotopic (exact) mass is 205 g/mol. The van der Waals surface area contributed by atoms with Gasteiger partial charge in [0.05, 0.1) is 12.2 Å². The predicted octanol–water partition coefficient (Wildman–Crippen LogP) is 0.672. The smallest absolute Gasteiger partial charge is 0.219 e. The first-order chi connectivity index (χ1) is 5.59. The molecular weight excluding hydrogens is 198 g/mol. The molecule has 0 saturated heterocycles. The third-order valence-corrected chi connectivity index (χ3v) is 2.48. The van der Waals surface area contributed by atoms with Crippen molar-refractivity contribution in [1.29, 1.82) is 0 Å². The number of aromatic nitrogens is 1. The molecule has 1 aromatic rings. The molecule has 0 saturated carbocycles. The van der Waals surface area contributed by atoms with Crippen molar-refractivity contribution >= 4 is 28.8 Å². The highest BCUT2D eigenvalue weighted by molar-refractivity contribution is 7.15. The number of hydrogen-bond acceptors (Lipinski definition) is 4. The van der Waals surface area contributed by atoms with E-state index in [1.54, 1.807) is 0 Å². The second-order valence-corrected chi connectivity index (χ2v) is 3.97. The van der Waals surface area contributed by atoms with E-state index >= 15 is 0 Å². The zero-order valence-corrected chi connectivity index (χ0v) is 7.73. The maximum Gasteiger partial charge on any atom is 0.219 e. The van der Waals surface area contributed by atoms with E-state index in [0.29, 0.717) is 9.34 Å². The summed E-state index contributed by atoms with van der Waals surface area (Å²) in [7, 11) is 0. The van der Waals surface area contributed by atoms with Gasteiger partial charge in [-0.25, -0.2) is 4.98 Å². The van der Waals surface area contributed by atoms with Crippen LogP contribution in [0.5, 0.6) is 0 Å². The molecule has 1 heterocycles. The summed E-state index contributed by atoms with van der Waals surface area (Å²) in [6.45, 7) is 0. The molecule has 12 heavy (non-hydrogen) atoms. The van der Waals surface area contributed by atoms with Crippen molar-refractivity contribution in [3.63, 3.8) is 0 Å². The van der Waals surface area contributed by atoms with Crippen molar-refractivity contribution in [3.8, 4) is 0 Å². The van der Waals surface area contributed by atoms with E-state index in [0.717, 1.165) is 0 Å². The number of carbonyl (C=O) groups excluding carboxylic acids is 1. The molecule has 0 radical (unpaired) electrons. The van der Waals surface area contributed by atoms with Gasteiger partial charge in [0.15, 0.2) is 0 Å². The lowest BCUT2D eigenvalue weighted by Gasteiger charge is -2.03. The van der Waals surface area contributed by atoms with Crippen LogP contribution in [0.1, 0.15) is 17.5 Å². The molecule has 4 nitrogen and oxygen atoms in total. The fraction of sp³-hybridized carbons (Fsp3) is 0.333. The van der Waals surface area contributed by atoms with E-state index in [9.17, 15) is 4.79 Å². The molecule has 1 aromatic heterocycles. The highest BCUT2D eigenvalue weighted by Crippen LogP contribution is 2.23. The minimum Gasteiger partial charge on any atom is -0.370 e. The fourth-order valence-corrected chi connectivity index (χ4v) is 1.67. The quantitative estimate of drug-likeness (QED) is 0.761. The average molecular weight is 206 g/mol. The van der Waals surface area contributed by atoms with Gasteiger partial charge < -0.3 is 11.5 Å². The summed E-state index contributed by atoms with van der Waals surface area (Å²) < 4.78 is 0.560. The van der Waals surface area contributed by atoms with Crippen LogP contribution in [0.25, 0.3) is 0 Å². The van der Waals surface area contributed by atoms with Crippen molar-refractivity contribution in [2.24, 2.45) is 11.5 Å². The Balaban J connectivity index is 2.64. The van der Waals surface area contributed by atoms with E-state index in [-0.39, 0.29) is 6.42 Å². The number of thiazole rings is 1. The van der Waals surface area contributed by atoms with Crippen LogP contribution in [0.3, 0.4) is 0 Å². The maximum atomic E-state index is 10.5. The molecular formula is C6H8ClN3OS. The van der Waals surface area contributed by atoms with Crippen molar-refractivity contribution in [3.05, 3.63) is 15.5 Å². The van der Waals surface area contributed by atoms with Gasteiger partial charge in [-0.3, -0.25) is 4.79 Å². The molecule has 0 aromatic carbocycles. The van der Waals surface area contributed by atoms with Gasteiger partial charge in [0, 0.05) is 6.42 Å². The van der Waals surface area contributed by atoms with E-state index in [4.69, 9.17) is 23.1 Å². The van der Waals surface area contributed by atoms with Crippen LogP contribution in [0.4, 0.5) is 0 Å². The number of carbonyl (C=O) groups is 1. The van der Waals surface area contributed by atoms with Gasteiger partial charge in [0.1, 0.15) is 9.34 Å². The first-order valence-corrected chi connectivity index (χ1v) is 4.44. The minimum absolute atomic E-state index is 0.101. The average Bonchev–Trinajstić information content (AvgIpc) is 2.34. The number of hydrogen-bond donors (Lipinski definition) is 2. The molecule has 1 amide bonds. The lowest BCUT2D eigenvalue weighted by molar-refractivity contribution is -0.118. The molecule has 0 fully saturated rings. The summed E-state index contributed by atoms with van der Waals surface area (Å²) in [5.74, 6) is -0.436. The van der Waals surface area contributed by atoms with Crippen LogP contribution in [0, 0.1) is 0 Å². The van der Waals surface area contributed by atoms with Crippen LogP contribution in [0.15, 0.2) is 6.20 Å². The first kappa shape index (κ1) is 9.44. The molecule has 0 spiro atoms. The number of nitrogens with two attached hydrogens (primary N) is 2. The Labute approximate surface area is 78.5 Å². The number of nitrogens with zero attached hydrogens (tertiary/aromatic N) is 1. The van der Waals surface area contributed by atoms with Gasteiger partial charge in [0.2, 0.25) is 5.91 Å². The minimum atomic E-state index is -0.436. The Hall–Kier alpha value is -0.650. The summed E-state index contributed by atoms with van der Waals surface area (Å²) in [5, 5.41) is 0.638. The molecule has 0 unspecified atom stereocenters. The zero-order chi connectivity index (χ0) is 9.14. The Kier molecular flexibility index (Phi) is 3.02. The Morgan fingerprint density at radius 1 is 1.83 bits per heavy atom. The number of primary amides is 1. The van der Waals surface area contributed by atoms with E-state index in [1.807, 2.05) is 0 Å². The summed E-state index contributed by atoms with van der Waals surface area (Å²) in [5.41, 5.74) is 10.6. The van der Waals surface area contributed by atoms with Gasteiger partial charge in [-0.1, -0.05) is 11.6 Å². The lowest BCUT2D eigenvalue weighted by atomic mass is 10.2. The molecule has 66 valence electrons. The summed E-state index contributed by atoms with van der Waals surface area (Å²) in [6, 6.07) is -0.431. The molecule has 0 aliphatic heterocycles. The van der Waals surface area contributed by atoms with E-state index in [1.165, 1.54) is 17.5 Å². The highest BCUT2D eigenvalue weighted by Gasteiger charge is 2.12. The standard InChI is InChI=1S/C6H8ClN3OS/c7-4-2-10-6(12-4)3(8)1-5(9)11/h2-3H,1,8H2,(H2,9,11)/t3-/m1/s1. The van der Waals surface area contributed by atoms with E-state index in [2.05, 4.69) is 4.98 Å². The van der Waals surface area contributed by atoms with Gasteiger partial charge in [-0.2, -0.15) is 0 Å². The largest absolute Gasteiger partial charge is 0.370 e. The molecule has 1 atom stereocenters. The normalized spacial score (nSPS) is 12.8. The maximum absolute atomic E-state index is 10.5. The van der Waals surface area contributed by atoms with E-state index < -0.39 is 11.9 Å². The molecule has 1 rings (SSSR count). The fourth-order valence-electron chi connectivity index (χ4n) is 0.742. The first-order valence-electron chi connectivity index (χ1n) is 3.24. The van der Waals surface area contributed by atoms with Crippen LogP contribution >= 0.6 is 22.9 Å². The second-order valence-electron chi connectivity index (χ2n) is 2.28. The number of rotatable bonds is 3.